The van der Waals surface area contributed by atoms with Crippen LogP contribution in [0.15, 0.2) is 94.7 Å². The molecule has 1 aromatic heterocycles. The quantitative estimate of drug-likeness (QED) is 0.0865. The van der Waals surface area contributed by atoms with Crippen molar-refractivity contribution in [2.45, 2.75) is 68.0 Å². The van der Waals surface area contributed by atoms with Gasteiger partial charge in [-0.3, -0.25) is 0 Å². The highest BCUT2D eigenvalue weighted by Gasteiger charge is 2.39. The minimum absolute atomic E-state index is 0.0418. The summed E-state index contributed by atoms with van der Waals surface area (Å²) in [5, 5.41) is 24.6. The first-order valence-corrected chi connectivity index (χ1v) is 27.1. The van der Waals surface area contributed by atoms with Gasteiger partial charge in [0, 0.05) is 46.5 Å². The van der Waals surface area contributed by atoms with Crippen molar-refractivity contribution in [3.63, 3.8) is 0 Å². The lowest BCUT2D eigenvalue weighted by Gasteiger charge is -2.35. The van der Waals surface area contributed by atoms with E-state index < -0.39 is 38.9 Å². The van der Waals surface area contributed by atoms with Gasteiger partial charge in [0.15, 0.2) is 15.7 Å². The highest BCUT2D eigenvalue weighted by Crippen LogP contribution is 2.43. The van der Waals surface area contributed by atoms with Crippen LogP contribution in [0.1, 0.15) is 29.5 Å². The topological polar surface area (TPSA) is 195 Å². The van der Waals surface area contributed by atoms with Gasteiger partial charge in [-0.25, -0.2) is 26.3 Å². The van der Waals surface area contributed by atoms with Crippen LogP contribution in [-0.4, -0.2) is 107 Å². The third kappa shape index (κ3) is 11.3. The standard InChI is InChI=1S/C43H55N7O9S2Si/c1-57-35-13-7-32(8-14-35)28-49(29-33-9-15-36(58-2)16-10-33)61(55,56)41-39(60(53,54)25-26-62(4,5)6)20-19-38(48-23-21-31(22-24-48)27-44-43(51)52)40(41)42-45-46-47-50(42)30-34-11-17-37(59-3)18-12-34/h7-20,31,44H,21-30H2,1-6H3,(H,51,52). The van der Waals surface area contributed by atoms with Gasteiger partial charge in [-0.2, -0.15) is 4.31 Å². The van der Waals surface area contributed by atoms with Crippen molar-refractivity contribution in [1.82, 2.24) is 29.8 Å². The van der Waals surface area contributed by atoms with Gasteiger partial charge in [0.25, 0.3) is 0 Å². The van der Waals surface area contributed by atoms with Gasteiger partial charge in [-0.1, -0.05) is 56.0 Å². The Morgan fingerprint density at radius 3 is 1.79 bits per heavy atom. The van der Waals surface area contributed by atoms with Gasteiger partial charge in [0.2, 0.25) is 10.0 Å². The molecule has 0 spiro atoms. The van der Waals surface area contributed by atoms with Crippen LogP contribution in [0.5, 0.6) is 17.2 Å². The largest absolute Gasteiger partial charge is 0.497 e. The SMILES string of the molecule is COc1ccc(CN(Cc2ccc(OC)cc2)S(=O)(=O)c2c(S(=O)(=O)CC[Si](C)(C)C)ccc(N3CCC(CNC(=O)O)CC3)c2-c2nnnn2Cc2ccc(OC)cc2)cc1. The number of sulfonamides is 1. The summed E-state index contributed by atoms with van der Waals surface area (Å²) in [4.78, 5) is 12.6. The van der Waals surface area contributed by atoms with Gasteiger partial charge in [0.1, 0.15) is 22.1 Å². The Hall–Kier alpha value is -5.50. The Balaban J connectivity index is 1.60. The van der Waals surface area contributed by atoms with E-state index in [1.165, 1.54) is 15.1 Å². The van der Waals surface area contributed by atoms with Gasteiger partial charge in [-0.05, 0) is 100 Å². The van der Waals surface area contributed by atoms with Crippen LogP contribution < -0.4 is 24.4 Å². The summed E-state index contributed by atoms with van der Waals surface area (Å²) in [5.74, 6) is 1.69. The van der Waals surface area contributed by atoms with Crippen molar-refractivity contribution >= 4 is 39.7 Å². The summed E-state index contributed by atoms with van der Waals surface area (Å²) in [6.07, 6.45) is 0.0827. The molecular formula is C43H55N7O9S2Si. The van der Waals surface area contributed by atoms with Crippen LogP contribution in [0.3, 0.4) is 0 Å². The predicted molar refractivity (Wildman–Crippen MR) is 239 cm³/mol. The third-order valence-corrected chi connectivity index (χ3v) is 16.8. The monoisotopic (exact) mass is 905 g/mol. The molecule has 0 aliphatic carbocycles. The number of carbonyl (C=O) groups is 1. The fourth-order valence-corrected chi connectivity index (χ4v) is 14.1. The second-order valence-corrected chi connectivity index (χ2v) is 26.1. The summed E-state index contributed by atoms with van der Waals surface area (Å²) < 4.78 is 80.5. The lowest BCUT2D eigenvalue weighted by Crippen LogP contribution is -2.39. The summed E-state index contributed by atoms with van der Waals surface area (Å²) in [7, 11) is -6.29. The normalized spacial score (nSPS) is 13.9. The molecule has 2 heterocycles. The van der Waals surface area contributed by atoms with E-state index in [4.69, 9.17) is 14.2 Å². The molecule has 1 aliphatic rings. The Bertz CT molecular complexity index is 2470. The van der Waals surface area contributed by atoms with E-state index in [0.717, 1.165) is 5.56 Å². The lowest BCUT2D eigenvalue weighted by molar-refractivity contribution is 0.191. The summed E-state index contributed by atoms with van der Waals surface area (Å²) in [6.45, 7) is 7.25. The molecular weight excluding hydrogens is 851 g/mol. The maximum absolute atomic E-state index is 16.0. The van der Waals surface area contributed by atoms with Gasteiger partial charge < -0.3 is 29.5 Å². The van der Waals surface area contributed by atoms with E-state index >= 15 is 8.42 Å². The first-order chi connectivity index (χ1) is 29.5. The zero-order chi connectivity index (χ0) is 44.7. The van der Waals surface area contributed by atoms with E-state index in [0.29, 0.717) is 66.0 Å². The molecule has 1 aliphatic heterocycles. The molecule has 5 aromatic rings. The molecule has 1 saturated heterocycles. The second kappa shape index (κ2) is 19.7. The number of sulfone groups is 1. The first-order valence-electron chi connectivity index (χ1n) is 20.3. The van der Waals surface area contributed by atoms with E-state index in [1.54, 1.807) is 88.1 Å². The highest BCUT2D eigenvalue weighted by atomic mass is 32.2. The average molecular weight is 906 g/mol. The molecule has 6 rings (SSSR count). The van der Waals surface area contributed by atoms with E-state index in [2.05, 4.69) is 40.5 Å². The van der Waals surface area contributed by atoms with Crippen LogP contribution in [0.2, 0.25) is 25.7 Å². The first kappa shape index (κ1) is 46.0. The molecule has 0 saturated carbocycles. The number of hydrogen-bond donors (Lipinski definition) is 2. The molecule has 62 heavy (non-hydrogen) atoms. The van der Waals surface area contributed by atoms with Crippen LogP contribution >= 0.6 is 0 Å². The third-order valence-electron chi connectivity index (χ3n) is 10.9. The van der Waals surface area contributed by atoms with Crippen molar-refractivity contribution in [3.05, 3.63) is 102 Å². The molecule has 0 bridgehead atoms. The van der Waals surface area contributed by atoms with Gasteiger partial charge in [0.05, 0.1) is 44.1 Å². The number of ether oxygens (including phenoxy) is 3. The van der Waals surface area contributed by atoms with Gasteiger partial charge >= 0.3 is 6.09 Å². The molecule has 0 atom stereocenters. The minimum atomic E-state index is -4.77. The fourth-order valence-electron chi connectivity index (χ4n) is 7.31. The number of hydrogen-bond acceptors (Lipinski definition) is 12. The number of rotatable bonds is 19. The Kier molecular flexibility index (Phi) is 14.6. The number of nitrogens with zero attached hydrogens (tertiary/aromatic N) is 6. The Morgan fingerprint density at radius 1 is 0.790 bits per heavy atom. The summed E-state index contributed by atoms with van der Waals surface area (Å²) in [6, 6.07) is 24.9. The van der Waals surface area contributed by atoms with Gasteiger partial charge in [-0.15, -0.1) is 5.10 Å². The molecule has 4 aromatic carbocycles. The van der Waals surface area contributed by atoms with Crippen molar-refractivity contribution < 1.29 is 40.9 Å². The van der Waals surface area contributed by atoms with Crippen LogP contribution in [0.4, 0.5) is 10.5 Å². The van der Waals surface area contributed by atoms with Crippen LogP contribution in [0, 0.1) is 5.92 Å². The van der Waals surface area contributed by atoms with Crippen molar-refractivity contribution in [3.8, 4) is 28.6 Å². The highest BCUT2D eigenvalue weighted by molar-refractivity contribution is 7.93. The average Bonchev–Trinajstić information content (AvgIpc) is 3.72. The molecule has 16 nitrogen and oxygen atoms in total. The number of piperidine rings is 1. The van der Waals surface area contributed by atoms with Crippen molar-refractivity contribution in [2.75, 3.05) is 51.6 Å². The molecule has 19 heteroatoms. The van der Waals surface area contributed by atoms with E-state index in [-0.39, 0.29) is 54.1 Å². The Labute approximate surface area is 364 Å². The maximum Gasteiger partial charge on any atom is 0.404 e. The number of anilines is 1. The number of benzene rings is 4. The fraction of sp³-hybridized carbons (Fsp3) is 0.395. The van der Waals surface area contributed by atoms with E-state index in [1.807, 2.05) is 17.0 Å². The number of amides is 1. The zero-order valence-electron chi connectivity index (χ0n) is 35.9. The van der Waals surface area contributed by atoms with Crippen LogP contribution in [-0.2, 0) is 39.5 Å². The number of aromatic nitrogens is 4. The second-order valence-electron chi connectivity index (χ2n) is 16.5. The van der Waals surface area contributed by atoms with E-state index in [9.17, 15) is 18.3 Å². The number of methoxy groups -OCH3 is 3. The van der Waals surface area contributed by atoms with Crippen LogP contribution in [0.25, 0.3) is 11.4 Å². The smallest absolute Gasteiger partial charge is 0.404 e. The number of carboxylic acid groups (broad SMARTS) is 1. The van der Waals surface area contributed by atoms with Crippen molar-refractivity contribution in [2.24, 2.45) is 5.92 Å². The zero-order valence-corrected chi connectivity index (χ0v) is 38.6. The molecule has 1 fully saturated rings. The number of nitrogens with one attached hydrogen (secondary N) is 1. The molecule has 2 N–H and O–H groups in total. The minimum Gasteiger partial charge on any atom is -0.497 e. The molecule has 1 amide bonds. The van der Waals surface area contributed by atoms with Crippen molar-refractivity contribution in [1.29, 1.82) is 0 Å². The molecule has 332 valence electrons. The predicted octanol–water partition coefficient (Wildman–Crippen LogP) is 6.40. The summed E-state index contributed by atoms with van der Waals surface area (Å²) >= 11 is 0. The maximum atomic E-state index is 16.0. The molecule has 0 unspecified atom stereocenters. The lowest BCUT2D eigenvalue weighted by atomic mass is 9.95. The molecule has 0 radical (unpaired) electrons. The number of tetrazole rings is 1. The summed E-state index contributed by atoms with van der Waals surface area (Å²) in [5.41, 5.74) is 2.58. The Morgan fingerprint density at radius 2 is 1.31 bits per heavy atom.